The van der Waals surface area contributed by atoms with Crippen LogP contribution in [0.4, 0.5) is 4.39 Å². The van der Waals surface area contributed by atoms with Crippen LogP contribution in [0.1, 0.15) is 37.7 Å². The molecular formula is C21H30FN3O. The van der Waals surface area contributed by atoms with Crippen molar-refractivity contribution in [3.05, 3.63) is 35.6 Å². The molecule has 0 spiro atoms. The minimum absolute atomic E-state index is 0.0659. The lowest BCUT2D eigenvalue weighted by Crippen LogP contribution is -2.46. The number of carbonyl (C=O) groups excluding carboxylic acids is 1. The molecule has 5 heteroatoms. The van der Waals surface area contributed by atoms with Crippen molar-refractivity contribution < 1.29 is 9.18 Å². The van der Waals surface area contributed by atoms with Crippen molar-refractivity contribution in [2.45, 2.75) is 50.6 Å². The van der Waals surface area contributed by atoms with Gasteiger partial charge in [0.25, 0.3) is 0 Å². The highest BCUT2D eigenvalue weighted by Crippen LogP contribution is 2.26. The Kier molecular flexibility index (Phi) is 5.55. The zero-order valence-corrected chi connectivity index (χ0v) is 15.5. The SMILES string of the molecule is O=C([C@H]1C[C@H](Cc2cccc(F)c2)CN1)N1CCCN(C2CCC2)CC1. The summed E-state index contributed by atoms with van der Waals surface area (Å²) >= 11 is 0. The largest absolute Gasteiger partial charge is 0.340 e. The van der Waals surface area contributed by atoms with Gasteiger partial charge in [0, 0.05) is 32.2 Å². The Morgan fingerprint density at radius 1 is 1.15 bits per heavy atom. The number of hydrogen-bond donors (Lipinski definition) is 1. The van der Waals surface area contributed by atoms with Gasteiger partial charge in [-0.15, -0.1) is 0 Å². The zero-order valence-electron chi connectivity index (χ0n) is 15.5. The smallest absolute Gasteiger partial charge is 0.239 e. The third kappa shape index (κ3) is 4.09. The van der Waals surface area contributed by atoms with Crippen molar-refractivity contribution in [1.29, 1.82) is 0 Å². The monoisotopic (exact) mass is 359 g/mol. The maximum absolute atomic E-state index is 13.4. The lowest BCUT2D eigenvalue weighted by Gasteiger charge is -2.36. The van der Waals surface area contributed by atoms with E-state index in [1.807, 2.05) is 6.07 Å². The number of carbonyl (C=O) groups is 1. The molecule has 4 nitrogen and oxygen atoms in total. The molecule has 26 heavy (non-hydrogen) atoms. The standard InChI is InChI=1S/C21H30FN3O/c22-18-5-1-4-16(13-18)12-17-14-20(23-15-17)21(26)25-9-3-8-24(10-11-25)19-6-2-7-19/h1,4-5,13,17,19-20,23H,2-3,6-12,14-15H2/t17-,20+/m0/s1. The van der Waals surface area contributed by atoms with Crippen LogP contribution in [0.5, 0.6) is 0 Å². The van der Waals surface area contributed by atoms with Gasteiger partial charge in [-0.1, -0.05) is 18.6 Å². The Labute approximate surface area is 155 Å². The van der Waals surface area contributed by atoms with Gasteiger partial charge in [0.2, 0.25) is 5.91 Å². The highest BCUT2D eigenvalue weighted by molar-refractivity contribution is 5.82. The summed E-state index contributed by atoms with van der Waals surface area (Å²) in [7, 11) is 0. The van der Waals surface area contributed by atoms with E-state index in [0.29, 0.717) is 5.92 Å². The molecule has 3 aliphatic rings. The van der Waals surface area contributed by atoms with E-state index in [1.54, 1.807) is 12.1 Å². The first-order valence-corrected chi connectivity index (χ1v) is 10.2. The summed E-state index contributed by atoms with van der Waals surface area (Å²) in [5.41, 5.74) is 1.02. The number of nitrogens with one attached hydrogen (secondary N) is 1. The van der Waals surface area contributed by atoms with E-state index in [4.69, 9.17) is 0 Å². The molecule has 1 aliphatic carbocycles. The second-order valence-electron chi connectivity index (χ2n) is 8.20. The van der Waals surface area contributed by atoms with E-state index >= 15 is 0 Å². The highest BCUT2D eigenvalue weighted by Gasteiger charge is 2.34. The second kappa shape index (κ2) is 8.05. The molecule has 0 radical (unpaired) electrons. The van der Waals surface area contributed by atoms with Crippen LogP contribution >= 0.6 is 0 Å². The molecule has 1 aromatic carbocycles. The molecule has 1 aromatic rings. The Bertz CT molecular complexity index is 633. The Morgan fingerprint density at radius 3 is 2.81 bits per heavy atom. The van der Waals surface area contributed by atoms with E-state index in [-0.39, 0.29) is 17.8 Å². The summed E-state index contributed by atoms with van der Waals surface area (Å²) in [5.74, 6) is 0.494. The quantitative estimate of drug-likeness (QED) is 0.897. The lowest BCUT2D eigenvalue weighted by molar-refractivity contribution is -0.133. The van der Waals surface area contributed by atoms with Crippen LogP contribution in [-0.4, -0.2) is 60.5 Å². The van der Waals surface area contributed by atoms with Gasteiger partial charge in [0.05, 0.1) is 6.04 Å². The maximum atomic E-state index is 13.4. The number of amides is 1. The van der Waals surface area contributed by atoms with E-state index in [0.717, 1.165) is 63.6 Å². The van der Waals surface area contributed by atoms with Crippen molar-refractivity contribution >= 4 is 5.91 Å². The van der Waals surface area contributed by atoms with Crippen molar-refractivity contribution in [1.82, 2.24) is 15.1 Å². The van der Waals surface area contributed by atoms with Crippen LogP contribution in [0.3, 0.4) is 0 Å². The van der Waals surface area contributed by atoms with Crippen molar-refractivity contribution in [2.24, 2.45) is 5.92 Å². The van der Waals surface area contributed by atoms with Gasteiger partial charge >= 0.3 is 0 Å². The van der Waals surface area contributed by atoms with Gasteiger partial charge in [0.15, 0.2) is 0 Å². The Hall–Kier alpha value is -1.46. The predicted molar refractivity (Wildman–Crippen MR) is 100 cm³/mol. The molecule has 2 atom stereocenters. The first-order valence-electron chi connectivity index (χ1n) is 10.2. The molecule has 142 valence electrons. The van der Waals surface area contributed by atoms with Gasteiger partial charge in [-0.3, -0.25) is 9.69 Å². The van der Waals surface area contributed by atoms with Crippen molar-refractivity contribution in [3.63, 3.8) is 0 Å². The molecule has 2 aliphatic heterocycles. The molecule has 2 heterocycles. The molecule has 0 aromatic heterocycles. The molecule has 1 N–H and O–H groups in total. The highest BCUT2D eigenvalue weighted by atomic mass is 19.1. The molecule has 1 amide bonds. The molecule has 4 rings (SSSR count). The average molecular weight is 359 g/mol. The van der Waals surface area contributed by atoms with Crippen LogP contribution in [0.25, 0.3) is 0 Å². The van der Waals surface area contributed by atoms with Gasteiger partial charge < -0.3 is 10.2 Å². The number of benzene rings is 1. The van der Waals surface area contributed by atoms with E-state index < -0.39 is 0 Å². The third-order valence-electron chi connectivity index (χ3n) is 6.37. The summed E-state index contributed by atoms with van der Waals surface area (Å²) in [5, 5.41) is 3.42. The summed E-state index contributed by atoms with van der Waals surface area (Å²) in [6, 6.07) is 7.53. The van der Waals surface area contributed by atoms with E-state index in [2.05, 4.69) is 15.1 Å². The van der Waals surface area contributed by atoms with Crippen LogP contribution in [-0.2, 0) is 11.2 Å². The van der Waals surface area contributed by atoms with Crippen LogP contribution in [0, 0.1) is 11.7 Å². The summed E-state index contributed by atoms with van der Waals surface area (Å²) in [4.78, 5) is 17.6. The minimum Gasteiger partial charge on any atom is -0.340 e. The number of halogens is 1. The molecule has 3 fully saturated rings. The van der Waals surface area contributed by atoms with Crippen molar-refractivity contribution in [3.8, 4) is 0 Å². The zero-order chi connectivity index (χ0) is 17.9. The maximum Gasteiger partial charge on any atom is 0.239 e. The topological polar surface area (TPSA) is 35.6 Å². The number of hydrogen-bond acceptors (Lipinski definition) is 3. The fourth-order valence-electron chi connectivity index (χ4n) is 4.65. The van der Waals surface area contributed by atoms with Crippen LogP contribution < -0.4 is 5.32 Å². The predicted octanol–water partition coefficient (Wildman–Crippen LogP) is 2.43. The molecule has 0 bridgehead atoms. The van der Waals surface area contributed by atoms with Crippen molar-refractivity contribution in [2.75, 3.05) is 32.7 Å². The van der Waals surface area contributed by atoms with Gasteiger partial charge in [-0.25, -0.2) is 4.39 Å². The molecule has 0 unspecified atom stereocenters. The Balaban J connectivity index is 1.28. The first-order chi connectivity index (χ1) is 12.7. The minimum atomic E-state index is -0.179. The molecule has 1 saturated carbocycles. The normalized spacial score (nSPS) is 28.0. The van der Waals surface area contributed by atoms with E-state index in [1.165, 1.54) is 25.3 Å². The number of nitrogens with zero attached hydrogens (tertiary/aromatic N) is 2. The lowest BCUT2D eigenvalue weighted by atomic mass is 9.91. The average Bonchev–Trinajstić information content (AvgIpc) is 2.90. The van der Waals surface area contributed by atoms with Crippen LogP contribution in [0.15, 0.2) is 24.3 Å². The first kappa shape index (κ1) is 17.9. The summed E-state index contributed by atoms with van der Waals surface area (Å²) in [6.07, 6.45) is 6.81. The molecule has 2 saturated heterocycles. The fraction of sp³-hybridized carbons (Fsp3) is 0.667. The molecular weight excluding hydrogens is 329 g/mol. The second-order valence-corrected chi connectivity index (χ2v) is 8.20. The van der Waals surface area contributed by atoms with Gasteiger partial charge in [0.1, 0.15) is 5.82 Å². The fourth-order valence-corrected chi connectivity index (χ4v) is 4.65. The van der Waals surface area contributed by atoms with Gasteiger partial charge in [-0.05, 0) is 62.3 Å². The van der Waals surface area contributed by atoms with Crippen LogP contribution in [0.2, 0.25) is 0 Å². The summed E-state index contributed by atoms with van der Waals surface area (Å²) < 4.78 is 13.4. The third-order valence-corrected chi connectivity index (χ3v) is 6.37. The number of rotatable bonds is 4. The summed E-state index contributed by atoms with van der Waals surface area (Å²) in [6.45, 7) is 4.75. The Morgan fingerprint density at radius 2 is 2.04 bits per heavy atom. The van der Waals surface area contributed by atoms with Gasteiger partial charge in [-0.2, -0.15) is 0 Å². The van der Waals surface area contributed by atoms with E-state index in [9.17, 15) is 9.18 Å².